The predicted molar refractivity (Wildman–Crippen MR) is 53.6 cm³/mol. The Hall–Kier alpha value is -0.670. The summed E-state index contributed by atoms with van der Waals surface area (Å²) in [4.78, 5) is 0. The third kappa shape index (κ3) is 2.22. The van der Waals surface area contributed by atoms with E-state index in [4.69, 9.17) is 0 Å². The van der Waals surface area contributed by atoms with Crippen molar-refractivity contribution in [1.29, 1.82) is 0 Å². The van der Waals surface area contributed by atoms with Gasteiger partial charge >= 0.3 is 0 Å². The second-order valence-corrected chi connectivity index (χ2v) is 3.32. The summed E-state index contributed by atoms with van der Waals surface area (Å²) in [5.74, 6) is -1.53. The van der Waals surface area contributed by atoms with E-state index in [2.05, 4.69) is 5.32 Å². The molecule has 1 aliphatic heterocycles. The number of benzene rings is 1. The van der Waals surface area contributed by atoms with Crippen molar-refractivity contribution in [3.05, 3.63) is 35.4 Å². The lowest BCUT2D eigenvalue weighted by atomic mass is 10.1. The molecular weight excluding hydrogens is 208 g/mol. The number of rotatable bonds is 1. The molecule has 1 aromatic rings. The lowest BCUT2D eigenvalue weighted by molar-refractivity contribution is 0.503. The normalized spacial score (nSPS) is 20.6. The molecule has 1 nitrogen and oxygen atoms in total. The number of nitrogens with one attached hydrogen (secondary N) is 1. The molecule has 1 unspecified atom stereocenters. The van der Waals surface area contributed by atoms with Gasteiger partial charge in [-0.3, -0.25) is 0 Å². The Bertz CT molecular complexity index is 311. The minimum Gasteiger partial charge on any atom is -0.310 e. The highest BCUT2D eigenvalue weighted by molar-refractivity contribution is 5.85. The Kier molecular flexibility index (Phi) is 3.84. The Labute approximate surface area is 87.9 Å². The number of hydrogen-bond acceptors (Lipinski definition) is 1. The molecule has 78 valence electrons. The molecule has 0 bridgehead atoms. The highest BCUT2D eigenvalue weighted by Gasteiger charge is 2.17. The molecule has 0 radical (unpaired) electrons. The van der Waals surface area contributed by atoms with E-state index in [1.807, 2.05) is 0 Å². The smallest absolute Gasteiger partial charge is 0.159 e. The number of halogens is 3. The van der Waals surface area contributed by atoms with E-state index in [1.165, 1.54) is 12.1 Å². The summed E-state index contributed by atoms with van der Waals surface area (Å²) in [7, 11) is 0. The predicted octanol–water partition coefficient (Wildman–Crippen LogP) is 2.81. The van der Waals surface area contributed by atoms with Crippen LogP contribution in [0.3, 0.4) is 0 Å². The third-order valence-electron chi connectivity index (χ3n) is 2.41. The van der Waals surface area contributed by atoms with Gasteiger partial charge in [0, 0.05) is 6.04 Å². The van der Waals surface area contributed by atoms with Crippen LogP contribution in [-0.4, -0.2) is 6.54 Å². The minimum atomic E-state index is -0.776. The van der Waals surface area contributed by atoms with Gasteiger partial charge in [0.05, 0.1) is 0 Å². The molecule has 0 aromatic heterocycles. The zero-order valence-electron chi connectivity index (χ0n) is 7.59. The van der Waals surface area contributed by atoms with Gasteiger partial charge < -0.3 is 5.32 Å². The Morgan fingerprint density at radius 2 is 2.00 bits per heavy atom. The van der Waals surface area contributed by atoms with Gasteiger partial charge in [-0.25, -0.2) is 8.78 Å². The van der Waals surface area contributed by atoms with E-state index in [-0.39, 0.29) is 18.4 Å². The molecule has 1 heterocycles. The van der Waals surface area contributed by atoms with Crippen LogP contribution in [0, 0.1) is 11.6 Å². The standard InChI is InChI=1S/C10H11F2N.ClH/c11-8-4-3-7(6-9(8)12)10-2-1-5-13-10;/h3-4,6,10,13H,1-2,5H2;1H. The van der Waals surface area contributed by atoms with Crippen LogP contribution >= 0.6 is 12.4 Å². The molecule has 1 fully saturated rings. The highest BCUT2D eigenvalue weighted by Crippen LogP contribution is 2.23. The van der Waals surface area contributed by atoms with Crippen LogP contribution < -0.4 is 5.32 Å². The van der Waals surface area contributed by atoms with Crippen LogP contribution in [-0.2, 0) is 0 Å². The molecule has 0 spiro atoms. The topological polar surface area (TPSA) is 12.0 Å². The van der Waals surface area contributed by atoms with E-state index in [9.17, 15) is 8.78 Å². The van der Waals surface area contributed by atoms with Gasteiger partial charge in [-0.2, -0.15) is 0 Å². The number of hydrogen-bond donors (Lipinski definition) is 1. The van der Waals surface area contributed by atoms with Crippen molar-refractivity contribution in [1.82, 2.24) is 5.32 Å². The van der Waals surface area contributed by atoms with Crippen molar-refractivity contribution < 1.29 is 8.78 Å². The highest BCUT2D eigenvalue weighted by atomic mass is 35.5. The van der Waals surface area contributed by atoms with Crippen molar-refractivity contribution in [2.24, 2.45) is 0 Å². The van der Waals surface area contributed by atoms with E-state index in [0.29, 0.717) is 0 Å². The Morgan fingerprint density at radius 3 is 2.57 bits per heavy atom. The van der Waals surface area contributed by atoms with E-state index in [1.54, 1.807) is 6.07 Å². The average molecular weight is 220 g/mol. The molecule has 1 atom stereocenters. The molecule has 0 aliphatic carbocycles. The lowest BCUT2D eigenvalue weighted by Crippen LogP contribution is -2.13. The van der Waals surface area contributed by atoms with Gasteiger partial charge in [0.1, 0.15) is 0 Å². The summed E-state index contributed by atoms with van der Waals surface area (Å²) in [6.07, 6.45) is 2.11. The fraction of sp³-hybridized carbons (Fsp3) is 0.400. The maximum Gasteiger partial charge on any atom is 0.159 e. The van der Waals surface area contributed by atoms with E-state index >= 15 is 0 Å². The first-order valence-corrected chi connectivity index (χ1v) is 4.46. The van der Waals surface area contributed by atoms with Crippen molar-refractivity contribution in [3.8, 4) is 0 Å². The summed E-state index contributed by atoms with van der Waals surface area (Å²) in [6, 6.07) is 4.31. The van der Waals surface area contributed by atoms with Crippen molar-refractivity contribution in [3.63, 3.8) is 0 Å². The first kappa shape index (κ1) is 11.4. The van der Waals surface area contributed by atoms with Crippen molar-refractivity contribution >= 4 is 12.4 Å². The summed E-state index contributed by atoms with van der Waals surface area (Å²) >= 11 is 0. The quantitative estimate of drug-likeness (QED) is 0.766. The molecule has 0 saturated carbocycles. The van der Waals surface area contributed by atoms with E-state index < -0.39 is 11.6 Å². The van der Waals surface area contributed by atoms with E-state index in [0.717, 1.165) is 24.9 Å². The van der Waals surface area contributed by atoms with Crippen molar-refractivity contribution in [2.45, 2.75) is 18.9 Å². The molecule has 0 amide bonds. The fourth-order valence-corrected chi connectivity index (χ4v) is 1.70. The molecule has 14 heavy (non-hydrogen) atoms. The first-order valence-electron chi connectivity index (χ1n) is 4.46. The van der Waals surface area contributed by atoms with Gasteiger partial charge in [0.2, 0.25) is 0 Å². The molecule has 2 rings (SSSR count). The lowest BCUT2D eigenvalue weighted by Gasteiger charge is -2.10. The van der Waals surface area contributed by atoms with Gasteiger partial charge in [-0.15, -0.1) is 12.4 Å². The molecule has 1 saturated heterocycles. The van der Waals surface area contributed by atoms with Crippen LogP contribution in [0.4, 0.5) is 8.78 Å². The Balaban J connectivity index is 0.000000980. The van der Waals surface area contributed by atoms with Gasteiger partial charge in [0.15, 0.2) is 11.6 Å². The molecule has 1 aromatic carbocycles. The monoisotopic (exact) mass is 219 g/mol. The van der Waals surface area contributed by atoms with Crippen LogP contribution in [0.15, 0.2) is 18.2 Å². The van der Waals surface area contributed by atoms with Crippen molar-refractivity contribution in [2.75, 3.05) is 6.54 Å². The van der Waals surface area contributed by atoms with Gasteiger partial charge in [-0.05, 0) is 37.1 Å². The zero-order valence-corrected chi connectivity index (χ0v) is 8.41. The summed E-state index contributed by atoms with van der Waals surface area (Å²) < 4.78 is 25.4. The second-order valence-electron chi connectivity index (χ2n) is 3.32. The zero-order chi connectivity index (χ0) is 9.26. The van der Waals surface area contributed by atoms with Gasteiger partial charge in [0.25, 0.3) is 0 Å². The van der Waals surface area contributed by atoms with Crippen LogP contribution in [0.1, 0.15) is 24.4 Å². The molecule has 4 heteroatoms. The largest absolute Gasteiger partial charge is 0.310 e. The molecule has 1 aliphatic rings. The summed E-state index contributed by atoms with van der Waals surface area (Å²) in [5, 5.41) is 3.23. The summed E-state index contributed by atoms with van der Waals surface area (Å²) in [6.45, 7) is 0.962. The molecule has 1 N–H and O–H groups in total. The molecular formula is C10H12ClF2N. The summed E-state index contributed by atoms with van der Waals surface area (Å²) in [5.41, 5.74) is 0.844. The van der Waals surface area contributed by atoms with Crippen LogP contribution in [0.5, 0.6) is 0 Å². The fourth-order valence-electron chi connectivity index (χ4n) is 1.70. The van der Waals surface area contributed by atoms with Gasteiger partial charge in [-0.1, -0.05) is 6.07 Å². The second kappa shape index (κ2) is 4.71. The minimum absolute atomic E-state index is 0. The maximum absolute atomic E-state index is 12.8. The maximum atomic E-state index is 12.8. The van der Waals surface area contributed by atoms with Crippen LogP contribution in [0.2, 0.25) is 0 Å². The first-order chi connectivity index (χ1) is 6.27. The van der Waals surface area contributed by atoms with Crippen LogP contribution in [0.25, 0.3) is 0 Å². The SMILES string of the molecule is Cl.Fc1ccc(C2CCCN2)cc1F. The Morgan fingerprint density at radius 1 is 1.21 bits per heavy atom. The third-order valence-corrected chi connectivity index (χ3v) is 2.41. The average Bonchev–Trinajstić information content (AvgIpc) is 2.62.